The Morgan fingerprint density at radius 2 is 0.565 bits per heavy atom. The van der Waals surface area contributed by atoms with Gasteiger partial charge in [0.1, 0.15) is 43.2 Å². The van der Waals surface area contributed by atoms with E-state index in [0.717, 1.165) is 86.9 Å². The summed E-state index contributed by atoms with van der Waals surface area (Å²) in [6.45, 7) is 53.9. The van der Waals surface area contributed by atoms with Gasteiger partial charge in [-0.3, -0.25) is 27.6 Å². The normalized spacial score (nSPS) is 13.1. The highest BCUT2D eigenvalue weighted by atomic mass is 32.2. The van der Waals surface area contributed by atoms with Gasteiger partial charge in [0.05, 0.1) is 22.6 Å². The first-order valence-corrected chi connectivity index (χ1v) is 52.2. The highest BCUT2D eigenvalue weighted by Gasteiger charge is 2.41. The molecule has 4 atom stereocenters. The fraction of sp³-hybridized carbons (Fsp3) is 0.453. The maximum absolute atomic E-state index is 13.9. The van der Waals surface area contributed by atoms with E-state index in [4.69, 9.17) is 22.6 Å². The minimum Gasteiger partial charge on any atom is -0.264 e. The Kier molecular flexibility index (Phi) is 55.6. The lowest BCUT2D eigenvalue weighted by molar-refractivity contribution is -0.305. The van der Waals surface area contributed by atoms with E-state index >= 15 is 0 Å². The van der Waals surface area contributed by atoms with Crippen LogP contribution in [0.2, 0.25) is 0 Å². The lowest BCUT2D eigenvalue weighted by Gasteiger charge is -2.31. The zero-order valence-corrected chi connectivity index (χ0v) is 87.9. The first kappa shape index (κ1) is 138. The molecule has 30 heteroatoms. The summed E-state index contributed by atoms with van der Waals surface area (Å²) in [5.41, 5.74) is 12.4. The molecule has 0 saturated carbocycles. The van der Waals surface area contributed by atoms with E-state index in [1.807, 2.05) is 233 Å². The lowest BCUT2D eigenvalue weighted by atomic mass is 9.80. The molecule has 147 heavy (non-hydrogen) atoms. The summed E-state index contributed by atoms with van der Waals surface area (Å²) < 4.78 is 205. The van der Waals surface area contributed by atoms with Crippen LogP contribution < -0.4 is 0 Å². The Morgan fingerprint density at radius 3 is 0.816 bits per heavy atom. The van der Waals surface area contributed by atoms with Crippen molar-refractivity contribution in [2.24, 2.45) is 31.5 Å². The number of nitrogens with zero attached hydrogens (tertiary/aromatic N) is 4. The number of halogens is 6. The van der Waals surface area contributed by atoms with E-state index < -0.39 is 81.1 Å². The highest BCUT2D eigenvalue weighted by molar-refractivity contribution is 7.87. The van der Waals surface area contributed by atoms with Gasteiger partial charge in [0.2, 0.25) is 0 Å². The predicted molar refractivity (Wildman–Crippen MR) is 594 cm³/mol. The van der Waals surface area contributed by atoms with Crippen molar-refractivity contribution < 1.29 is 97.4 Å². The van der Waals surface area contributed by atoms with Gasteiger partial charge < -0.3 is 0 Å². The van der Waals surface area contributed by atoms with Gasteiger partial charge in [0, 0.05) is 22.3 Å². The summed E-state index contributed by atoms with van der Waals surface area (Å²) in [7, 11) is -17.5. The van der Waals surface area contributed by atoms with Gasteiger partial charge in [-0.05, 0) is 215 Å². The molecule has 0 aromatic heterocycles. The van der Waals surface area contributed by atoms with Crippen molar-refractivity contribution in [2.75, 3.05) is 0 Å². The molecule has 10 aromatic carbocycles. The topological polar surface area (TPSA) is 282 Å². The first-order valence-electron chi connectivity index (χ1n) is 46.6. The summed E-state index contributed by atoms with van der Waals surface area (Å²) in [5.74, 6) is 1.33. The molecule has 0 saturated heterocycles. The van der Waals surface area contributed by atoms with E-state index in [9.17, 15) is 70.5 Å². The fourth-order valence-electron chi connectivity index (χ4n) is 15.3. The summed E-state index contributed by atoms with van der Waals surface area (Å²) in [6, 6.07) is 58.8. The molecule has 20 nitrogen and oxygen atoms in total. The van der Waals surface area contributed by atoms with Gasteiger partial charge in [-0.1, -0.05) is 432 Å². The van der Waals surface area contributed by atoms with E-state index in [1.54, 1.807) is 94.4 Å². The highest BCUT2D eigenvalue weighted by Crippen LogP contribution is 2.44. The Hall–Kier alpha value is -10.7. The van der Waals surface area contributed by atoms with E-state index in [1.165, 1.54) is 5.56 Å². The SMILES string of the molecule is C.C.C.C.C.C.C.C.CCC(C)(C)C(OO)c1ccc(/C(=N\OS(=O)(=O)c2c(C(C)C)cc(C(C)C)cc2C(C)C)c2ccccc2)cc1.CCC(C)(C)C(OO)c1ccc(/C(C)=N\OS(=O)(=O)c2c(C)cc(C)cc2C)cc1.CCC(C)c1ccc(/C(=N\OS(=O)(=O)c2cc(C(F)(F)F)cc(C(F)(F)F)c2)c2ccccc2)cc1.CCC(C)c1ccc(/C(C)=N\OS(=O)(=O)c2c(C(C)C)cc(C(C)C)cc2C(C)C)cc1. The zero-order valence-electron chi connectivity index (χ0n) is 84.6. The van der Waals surface area contributed by atoms with Crippen LogP contribution in [0.5, 0.6) is 0 Å². The number of hydrogen-bond donors (Lipinski definition) is 2. The van der Waals surface area contributed by atoms with E-state index in [2.05, 4.69) is 78.6 Å². The van der Waals surface area contributed by atoms with Crippen molar-refractivity contribution in [2.45, 2.75) is 364 Å². The van der Waals surface area contributed by atoms with Crippen LogP contribution in [0.3, 0.4) is 0 Å². The molecule has 0 amide bonds. The maximum atomic E-state index is 13.9. The maximum Gasteiger partial charge on any atom is 0.416 e. The summed E-state index contributed by atoms with van der Waals surface area (Å²) in [4.78, 5) is 8.87. The fourth-order valence-corrected chi connectivity index (χ4v) is 20.1. The van der Waals surface area contributed by atoms with Crippen molar-refractivity contribution in [3.63, 3.8) is 0 Å². The Labute approximate surface area is 879 Å². The number of hydrogen-bond acceptors (Lipinski definition) is 20. The monoisotopic (exact) mass is 2130 g/mol. The summed E-state index contributed by atoms with van der Waals surface area (Å²) in [6.07, 6.45) is -7.85. The number of rotatable bonds is 36. The van der Waals surface area contributed by atoms with Crippen LogP contribution in [0.4, 0.5) is 26.3 Å². The number of aryl methyl sites for hydroxylation is 3. The van der Waals surface area contributed by atoms with Gasteiger partial charge in [-0.25, -0.2) is 9.78 Å². The van der Waals surface area contributed by atoms with Gasteiger partial charge in [-0.15, -0.1) is 0 Å². The predicted octanol–water partition coefficient (Wildman–Crippen LogP) is 35.1. The van der Waals surface area contributed by atoms with Crippen molar-refractivity contribution >= 4 is 63.3 Å². The number of benzene rings is 10. The van der Waals surface area contributed by atoms with Gasteiger partial charge >= 0.3 is 52.8 Å². The van der Waals surface area contributed by atoms with Gasteiger partial charge in [0.15, 0.2) is 0 Å². The van der Waals surface area contributed by atoms with Crippen molar-refractivity contribution in [1.82, 2.24) is 0 Å². The number of alkyl halides is 6. The van der Waals surface area contributed by atoms with Crippen molar-refractivity contribution in [1.29, 1.82) is 0 Å². The van der Waals surface area contributed by atoms with Crippen LogP contribution in [-0.2, 0) is 79.7 Å². The molecule has 4 unspecified atom stereocenters. The lowest BCUT2D eigenvalue weighted by Crippen LogP contribution is -2.23. The van der Waals surface area contributed by atoms with Crippen LogP contribution in [0.15, 0.2) is 253 Å². The smallest absolute Gasteiger partial charge is 0.264 e. The summed E-state index contributed by atoms with van der Waals surface area (Å²) in [5, 5.41) is 34.8. The van der Waals surface area contributed by atoms with Crippen LogP contribution in [-0.4, -0.2) is 67.0 Å². The van der Waals surface area contributed by atoms with Crippen LogP contribution in [0.1, 0.15) is 428 Å². The molecule has 0 spiro atoms. The molecule has 0 radical (unpaired) electrons. The molecular weight excluding hydrogens is 1960 g/mol. The van der Waals surface area contributed by atoms with Crippen LogP contribution in [0.25, 0.3) is 0 Å². The van der Waals surface area contributed by atoms with E-state index in [0.29, 0.717) is 67.9 Å². The third-order valence-corrected chi connectivity index (χ3v) is 29.9. The average Bonchev–Trinajstić information content (AvgIpc) is 0.768. The second kappa shape index (κ2) is 59.0. The van der Waals surface area contributed by atoms with Crippen molar-refractivity contribution in [3.8, 4) is 0 Å². The Balaban J connectivity index is 0. The zero-order chi connectivity index (χ0) is 104. The minimum atomic E-state index is -5.22. The molecule has 10 aromatic rings. The van der Waals surface area contributed by atoms with Crippen LogP contribution in [0, 0.1) is 31.6 Å². The Bertz CT molecular complexity index is 6290. The quantitative estimate of drug-likeness (QED) is 0.0160. The molecule has 0 bridgehead atoms. The van der Waals surface area contributed by atoms with Crippen LogP contribution >= 0.6 is 0 Å². The number of oxime groups is 4. The molecule has 2 N–H and O–H groups in total. The first-order chi connectivity index (χ1) is 64.8. The molecule has 0 aliphatic carbocycles. The molecule has 0 aliphatic rings. The second-order valence-corrected chi connectivity index (χ2v) is 44.2. The second-order valence-electron chi connectivity index (χ2n) is 38.3. The van der Waals surface area contributed by atoms with Gasteiger partial charge in [-0.2, -0.15) is 60.0 Å². The summed E-state index contributed by atoms with van der Waals surface area (Å²) >= 11 is 0. The molecular formula is C117H168F6N4O16S4. The third-order valence-electron chi connectivity index (χ3n) is 24.9. The average molecular weight is 2130 g/mol. The molecule has 10 rings (SSSR count). The van der Waals surface area contributed by atoms with Gasteiger partial charge in [0.25, 0.3) is 0 Å². The van der Waals surface area contributed by atoms with E-state index in [-0.39, 0.29) is 144 Å². The third kappa shape index (κ3) is 36.9. The molecule has 0 fully saturated rings. The minimum absolute atomic E-state index is 0. The van der Waals surface area contributed by atoms with Crippen molar-refractivity contribution in [3.05, 3.63) is 329 Å². The molecule has 0 heterocycles. The Morgan fingerprint density at radius 1 is 0.313 bits per heavy atom. The molecule has 818 valence electrons. The molecule has 0 aliphatic heterocycles. The largest absolute Gasteiger partial charge is 0.416 e. The standard InChI is InChI=1S/C34H45NO5S.C27H39NO3S.C25H21F6NO3S.C23H31NO5S.8CH4/c1-10-34(8,9)33(39-36)27-18-16-26(17-19-27)31(25-14-12-11-13-15-25)35-40-41(37,38)32-29(23(4)5)20-28(22(2)3)21-30(32)24(6)7;1-10-20(8)22-11-13-23(14-12-22)21(9)28-31-32(29,30)27-25(18(4)5)15-24(17(2)3)16-26(27)19(6)7;1-3-16(2)17-9-11-19(12-10-17)23(18-7-5-4-6-8-18)32-35-36(33,34)22-14-20(24(26,27)28)13-21(15-22)25(29,30)31;1-8-23(6,7)22(28-25)20-11-9-19(10-12-20)18(5)24-29-30(26,27)21-16(3)13-15(2)14-17(21)4;;;;;;;;/h11-24,33,36H,10H2,1-9H3;11-20H,10H2,1-9H3;4-16H,3H2,1-2H3;9-14,22,25H,8H2,1-7H3;8*1H4/b35-31-;28-21-;32-23-;24-18-;;;;;;;;.